The lowest BCUT2D eigenvalue weighted by atomic mass is 10.0. The monoisotopic (exact) mass is 203 g/mol. The van der Waals surface area contributed by atoms with Gasteiger partial charge in [-0.05, 0) is 37.9 Å². The van der Waals surface area contributed by atoms with Gasteiger partial charge in [-0.1, -0.05) is 29.8 Å². The lowest BCUT2D eigenvalue weighted by molar-refractivity contribution is 1.33. The SMILES string of the molecule is Cc1cccc(-c2c(C)nsc2C)c1. The largest absolute Gasteiger partial charge is 0.197 e. The number of aryl methyl sites for hydroxylation is 3. The van der Waals surface area contributed by atoms with Crippen LogP contribution in [0, 0.1) is 20.8 Å². The van der Waals surface area contributed by atoms with Gasteiger partial charge >= 0.3 is 0 Å². The van der Waals surface area contributed by atoms with E-state index in [0.29, 0.717) is 0 Å². The third-order valence-corrected chi connectivity index (χ3v) is 3.18. The van der Waals surface area contributed by atoms with Gasteiger partial charge in [0.05, 0.1) is 5.69 Å². The second-order valence-electron chi connectivity index (χ2n) is 3.57. The van der Waals surface area contributed by atoms with Crippen molar-refractivity contribution in [2.24, 2.45) is 0 Å². The van der Waals surface area contributed by atoms with Crippen LogP contribution in [0.15, 0.2) is 24.3 Å². The van der Waals surface area contributed by atoms with Crippen molar-refractivity contribution < 1.29 is 0 Å². The average molecular weight is 203 g/mol. The maximum Gasteiger partial charge on any atom is 0.0592 e. The van der Waals surface area contributed by atoms with Gasteiger partial charge in [0.15, 0.2) is 0 Å². The molecule has 0 radical (unpaired) electrons. The summed E-state index contributed by atoms with van der Waals surface area (Å²) in [6.07, 6.45) is 0. The molecular weight excluding hydrogens is 190 g/mol. The maximum atomic E-state index is 4.36. The molecular formula is C12H13NS. The van der Waals surface area contributed by atoms with E-state index >= 15 is 0 Å². The van der Waals surface area contributed by atoms with Crippen molar-refractivity contribution in [3.8, 4) is 11.1 Å². The molecule has 0 bridgehead atoms. The summed E-state index contributed by atoms with van der Waals surface area (Å²) >= 11 is 1.58. The van der Waals surface area contributed by atoms with Gasteiger partial charge < -0.3 is 0 Å². The van der Waals surface area contributed by atoms with Crippen LogP contribution in [0.1, 0.15) is 16.1 Å². The Morgan fingerprint density at radius 2 is 1.93 bits per heavy atom. The average Bonchev–Trinajstić information content (AvgIpc) is 2.46. The first-order valence-corrected chi connectivity index (χ1v) is 5.46. The number of hydrogen-bond acceptors (Lipinski definition) is 2. The fourth-order valence-electron chi connectivity index (χ4n) is 1.70. The predicted molar refractivity (Wildman–Crippen MR) is 61.8 cm³/mol. The highest BCUT2D eigenvalue weighted by Gasteiger charge is 2.08. The second kappa shape index (κ2) is 3.54. The quantitative estimate of drug-likeness (QED) is 0.688. The molecule has 0 amide bonds. The van der Waals surface area contributed by atoms with Gasteiger partial charge in [-0.15, -0.1) is 0 Å². The molecule has 1 aromatic carbocycles. The Morgan fingerprint density at radius 1 is 1.14 bits per heavy atom. The molecule has 1 aromatic heterocycles. The molecule has 0 aliphatic carbocycles. The highest BCUT2D eigenvalue weighted by Crippen LogP contribution is 2.29. The smallest absolute Gasteiger partial charge is 0.0592 e. The summed E-state index contributed by atoms with van der Waals surface area (Å²) < 4.78 is 4.36. The van der Waals surface area contributed by atoms with Crippen molar-refractivity contribution in [1.29, 1.82) is 0 Å². The van der Waals surface area contributed by atoms with E-state index in [2.05, 4.69) is 49.4 Å². The second-order valence-corrected chi connectivity index (χ2v) is 4.55. The zero-order chi connectivity index (χ0) is 10.1. The van der Waals surface area contributed by atoms with Crippen molar-refractivity contribution in [2.45, 2.75) is 20.8 Å². The van der Waals surface area contributed by atoms with E-state index in [9.17, 15) is 0 Å². The summed E-state index contributed by atoms with van der Waals surface area (Å²) in [5, 5.41) is 0. The molecule has 1 nitrogen and oxygen atoms in total. The van der Waals surface area contributed by atoms with E-state index in [1.165, 1.54) is 21.6 Å². The van der Waals surface area contributed by atoms with Crippen LogP contribution in [0.5, 0.6) is 0 Å². The molecule has 1 heterocycles. The fraction of sp³-hybridized carbons (Fsp3) is 0.250. The van der Waals surface area contributed by atoms with Gasteiger partial charge in [-0.3, -0.25) is 0 Å². The number of rotatable bonds is 1. The van der Waals surface area contributed by atoms with Gasteiger partial charge in [-0.25, -0.2) is 0 Å². The molecule has 0 atom stereocenters. The van der Waals surface area contributed by atoms with Crippen molar-refractivity contribution in [1.82, 2.24) is 4.37 Å². The summed E-state index contributed by atoms with van der Waals surface area (Å²) in [5.74, 6) is 0. The van der Waals surface area contributed by atoms with Crippen LogP contribution in [0.2, 0.25) is 0 Å². The highest BCUT2D eigenvalue weighted by molar-refractivity contribution is 7.06. The van der Waals surface area contributed by atoms with Gasteiger partial charge in [0, 0.05) is 10.4 Å². The molecule has 0 saturated carbocycles. The molecule has 2 rings (SSSR count). The van der Waals surface area contributed by atoms with Crippen molar-refractivity contribution in [2.75, 3.05) is 0 Å². The molecule has 2 heteroatoms. The Bertz CT molecular complexity index is 438. The number of aromatic nitrogens is 1. The van der Waals surface area contributed by atoms with E-state index < -0.39 is 0 Å². The standard InChI is InChI=1S/C12H13NS/c1-8-5-4-6-11(7-8)12-9(2)13-14-10(12)3/h4-7H,1-3H3. The number of nitrogens with zero attached hydrogens (tertiary/aromatic N) is 1. The normalized spacial score (nSPS) is 10.5. The Balaban J connectivity index is 2.59. The van der Waals surface area contributed by atoms with Crippen LogP contribution in [0.3, 0.4) is 0 Å². The lowest BCUT2D eigenvalue weighted by Crippen LogP contribution is -1.82. The molecule has 0 aliphatic heterocycles. The van der Waals surface area contributed by atoms with Crippen LogP contribution < -0.4 is 0 Å². The molecule has 0 N–H and O–H groups in total. The van der Waals surface area contributed by atoms with Crippen molar-refractivity contribution in [3.05, 3.63) is 40.4 Å². The fourth-order valence-corrected chi connectivity index (χ4v) is 2.42. The Hall–Kier alpha value is -1.15. The number of hydrogen-bond donors (Lipinski definition) is 0. The molecule has 14 heavy (non-hydrogen) atoms. The highest BCUT2D eigenvalue weighted by atomic mass is 32.1. The summed E-state index contributed by atoms with van der Waals surface area (Å²) in [5.41, 5.74) is 5.03. The van der Waals surface area contributed by atoms with Crippen LogP contribution >= 0.6 is 11.5 Å². The Labute approximate surface area is 88.6 Å². The minimum atomic E-state index is 1.14. The van der Waals surface area contributed by atoms with Gasteiger partial charge in [0.2, 0.25) is 0 Å². The molecule has 0 fully saturated rings. The van der Waals surface area contributed by atoms with E-state index in [0.717, 1.165) is 5.69 Å². The van der Waals surface area contributed by atoms with E-state index in [4.69, 9.17) is 0 Å². The van der Waals surface area contributed by atoms with Crippen LogP contribution in [0.4, 0.5) is 0 Å². The van der Waals surface area contributed by atoms with Gasteiger partial charge in [0.1, 0.15) is 0 Å². The zero-order valence-corrected chi connectivity index (χ0v) is 9.48. The summed E-state index contributed by atoms with van der Waals surface area (Å²) in [6.45, 7) is 6.32. The predicted octanol–water partition coefficient (Wildman–Crippen LogP) is 3.74. The molecule has 0 aliphatic rings. The van der Waals surface area contributed by atoms with Crippen LogP contribution in [0.25, 0.3) is 11.1 Å². The Morgan fingerprint density at radius 3 is 2.50 bits per heavy atom. The van der Waals surface area contributed by atoms with Gasteiger partial charge in [0.25, 0.3) is 0 Å². The third kappa shape index (κ3) is 1.58. The summed E-state index contributed by atoms with van der Waals surface area (Å²) in [6, 6.07) is 8.58. The Kier molecular flexibility index (Phi) is 2.38. The first kappa shape index (κ1) is 9.41. The minimum absolute atomic E-state index is 1.14. The van der Waals surface area contributed by atoms with Crippen molar-refractivity contribution in [3.63, 3.8) is 0 Å². The van der Waals surface area contributed by atoms with Crippen LogP contribution in [-0.4, -0.2) is 4.37 Å². The maximum absolute atomic E-state index is 4.36. The van der Waals surface area contributed by atoms with Crippen molar-refractivity contribution >= 4 is 11.5 Å². The zero-order valence-electron chi connectivity index (χ0n) is 8.66. The lowest BCUT2D eigenvalue weighted by Gasteiger charge is -2.02. The van der Waals surface area contributed by atoms with Crippen LogP contribution in [-0.2, 0) is 0 Å². The van der Waals surface area contributed by atoms with E-state index in [-0.39, 0.29) is 0 Å². The topological polar surface area (TPSA) is 12.9 Å². The number of benzene rings is 1. The molecule has 2 aromatic rings. The van der Waals surface area contributed by atoms with E-state index in [1.807, 2.05) is 0 Å². The minimum Gasteiger partial charge on any atom is -0.197 e. The molecule has 72 valence electrons. The first-order chi connectivity index (χ1) is 6.68. The van der Waals surface area contributed by atoms with E-state index in [1.54, 1.807) is 11.5 Å². The molecule has 0 saturated heterocycles. The molecule has 0 unspecified atom stereocenters. The van der Waals surface area contributed by atoms with Gasteiger partial charge in [-0.2, -0.15) is 4.37 Å². The third-order valence-electron chi connectivity index (χ3n) is 2.34. The summed E-state index contributed by atoms with van der Waals surface area (Å²) in [4.78, 5) is 1.30. The summed E-state index contributed by atoms with van der Waals surface area (Å²) in [7, 11) is 0. The molecule has 0 spiro atoms. The first-order valence-electron chi connectivity index (χ1n) is 4.68.